The zero-order chi connectivity index (χ0) is 21.3. The van der Waals surface area contributed by atoms with E-state index in [4.69, 9.17) is 9.72 Å². The van der Waals surface area contributed by atoms with Gasteiger partial charge in [-0.3, -0.25) is 0 Å². The lowest BCUT2D eigenvalue weighted by atomic mass is 10.0. The molecule has 29 heavy (non-hydrogen) atoms. The summed E-state index contributed by atoms with van der Waals surface area (Å²) >= 11 is 0. The van der Waals surface area contributed by atoms with Crippen LogP contribution in [-0.2, 0) is 4.74 Å². The number of hydrogen-bond acceptors (Lipinski definition) is 5. The SMILES string of the molecule is CC(C)c1cc(NC2CCN(C(=O)OC(C)(C)C)CC2)c2ncn(C(C)C)c2n1. The monoisotopic (exact) mass is 401 g/mol. The molecule has 0 aromatic carbocycles. The predicted octanol–water partition coefficient (Wildman–Crippen LogP) is 4.95. The van der Waals surface area contributed by atoms with Gasteiger partial charge in [0.2, 0.25) is 0 Å². The summed E-state index contributed by atoms with van der Waals surface area (Å²) in [5, 5.41) is 3.68. The second-order valence-corrected chi connectivity index (χ2v) is 9.55. The maximum Gasteiger partial charge on any atom is 0.410 e. The maximum absolute atomic E-state index is 12.3. The molecule has 3 heterocycles. The Kier molecular flexibility index (Phi) is 6.05. The normalized spacial score (nSPS) is 16.1. The molecule has 7 nitrogen and oxygen atoms in total. The van der Waals surface area contributed by atoms with Gasteiger partial charge in [0.25, 0.3) is 0 Å². The molecule has 3 rings (SSSR count). The van der Waals surface area contributed by atoms with E-state index < -0.39 is 5.60 Å². The minimum Gasteiger partial charge on any atom is -0.444 e. The second-order valence-electron chi connectivity index (χ2n) is 9.55. The van der Waals surface area contributed by atoms with E-state index in [1.54, 1.807) is 4.90 Å². The summed E-state index contributed by atoms with van der Waals surface area (Å²) in [5.74, 6) is 0.337. The van der Waals surface area contributed by atoms with Crippen LogP contribution in [0.3, 0.4) is 0 Å². The van der Waals surface area contributed by atoms with E-state index >= 15 is 0 Å². The van der Waals surface area contributed by atoms with Gasteiger partial charge in [-0.2, -0.15) is 0 Å². The molecule has 1 aliphatic heterocycles. The number of carbonyl (C=O) groups excluding carboxylic acids is 1. The Hall–Kier alpha value is -2.31. The lowest BCUT2D eigenvalue weighted by Crippen LogP contribution is -2.44. The van der Waals surface area contributed by atoms with Crippen LogP contribution in [0.4, 0.5) is 10.5 Å². The van der Waals surface area contributed by atoms with Crippen LogP contribution in [-0.4, -0.2) is 50.3 Å². The summed E-state index contributed by atoms with van der Waals surface area (Å²) in [7, 11) is 0. The summed E-state index contributed by atoms with van der Waals surface area (Å²) in [5.41, 5.74) is 3.48. The van der Waals surface area contributed by atoms with Crippen LogP contribution < -0.4 is 5.32 Å². The molecule has 0 saturated carbocycles. The standard InChI is InChI=1S/C22H35N5O2/c1-14(2)17-12-18(19-20(25-17)27(13-23-19)15(3)4)24-16-8-10-26(11-9-16)21(28)29-22(5,6)7/h12-16H,8-11H2,1-7H3,(H,24,25). The van der Waals surface area contributed by atoms with Crippen molar-refractivity contribution in [1.29, 1.82) is 0 Å². The van der Waals surface area contributed by atoms with Crippen LogP contribution in [0.25, 0.3) is 11.2 Å². The smallest absolute Gasteiger partial charge is 0.410 e. The highest BCUT2D eigenvalue weighted by molar-refractivity contribution is 5.86. The van der Waals surface area contributed by atoms with Crippen LogP contribution >= 0.6 is 0 Å². The molecule has 1 saturated heterocycles. The van der Waals surface area contributed by atoms with Gasteiger partial charge in [0.1, 0.15) is 11.1 Å². The fourth-order valence-electron chi connectivity index (χ4n) is 3.56. The van der Waals surface area contributed by atoms with E-state index in [1.165, 1.54) is 0 Å². The van der Waals surface area contributed by atoms with Gasteiger partial charge in [-0.05, 0) is 59.4 Å². The third-order valence-corrected chi connectivity index (χ3v) is 5.20. The number of hydrogen-bond donors (Lipinski definition) is 1. The number of pyridine rings is 1. The number of amides is 1. The Morgan fingerprint density at radius 1 is 1.21 bits per heavy atom. The molecule has 1 amide bonds. The van der Waals surface area contributed by atoms with Crippen molar-refractivity contribution < 1.29 is 9.53 Å². The van der Waals surface area contributed by atoms with E-state index in [-0.39, 0.29) is 6.09 Å². The highest BCUT2D eigenvalue weighted by Crippen LogP contribution is 2.29. The average Bonchev–Trinajstić information content (AvgIpc) is 3.05. The average molecular weight is 402 g/mol. The molecule has 7 heteroatoms. The van der Waals surface area contributed by atoms with Crippen molar-refractivity contribution in [2.75, 3.05) is 18.4 Å². The van der Waals surface area contributed by atoms with Crippen molar-refractivity contribution in [2.45, 2.75) is 84.9 Å². The lowest BCUT2D eigenvalue weighted by Gasteiger charge is -2.34. The molecule has 0 spiro atoms. The van der Waals surface area contributed by atoms with Gasteiger partial charge in [0.15, 0.2) is 5.65 Å². The first-order valence-electron chi connectivity index (χ1n) is 10.7. The molecule has 0 radical (unpaired) electrons. The number of anilines is 1. The number of fused-ring (bicyclic) bond motifs is 1. The highest BCUT2D eigenvalue weighted by Gasteiger charge is 2.27. The van der Waals surface area contributed by atoms with Gasteiger partial charge in [0.05, 0.1) is 12.0 Å². The number of nitrogens with one attached hydrogen (secondary N) is 1. The highest BCUT2D eigenvalue weighted by atomic mass is 16.6. The minimum atomic E-state index is -0.461. The van der Waals surface area contributed by atoms with Crippen molar-refractivity contribution in [3.8, 4) is 0 Å². The molecule has 1 aliphatic rings. The first-order valence-corrected chi connectivity index (χ1v) is 10.7. The Balaban J connectivity index is 1.75. The number of imidazole rings is 1. The summed E-state index contributed by atoms with van der Waals surface area (Å²) in [6.07, 6.45) is 3.42. The Bertz CT molecular complexity index is 858. The zero-order valence-corrected chi connectivity index (χ0v) is 18.8. The molecule has 0 unspecified atom stereocenters. The van der Waals surface area contributed by atoms with E-state index in [9.17, 15) is 4.79 Å². The van der Waals surface area contributed by atoms with Gasteiger partial charge in [-0.15, -0.1) is 0 Å². The molecule has 2 aromatic heterocycles. The number of ether oxygens (including phenoxy) is 1. The molecular formula is C22H35N5O2. The van der Waals surface area contributed by atoms with E-state index in [2.05, 4.69) is 48.6 Å². The van der Waals surface area contributed by atoms with Gasteiger partial charge in [0, 0.05) is 30.9 Å². The van der Waals surface area contributed by atoms with Crippen molar-refractivity contribution in [3.63, 3.8) is 0 Å². The molecule has 1 N–H and O–H groups in total. The predicted molar refractivity (Wildman–Crippen MR) is 116 cm³/mol. The summed E-state index contributed by atoms with van der Waals surface area (Å²) in [6, 6.07) is 2.73. The first kappa shape index (κ1) is 21.4. The Labute approximate surface area is 173 Å². The fourth-order valence-corrected chi connectivity index (χ4v) is 3.56. The molecule has 0 atom stereocenters. The molecule has 2 aromatic rings. The zero-order valence-electron chi connectivity index (χ0n) is 18.8. The second kappa shape index (κ2) is 8.20. The largest absolute Gasteiger partial charge is 0.444 e. The van der Waals surface area contributed by atoms with Gasteiger partial charge >= 0.3 is 6.09 Å². The van der Waals surface area contributed by atoms with Crippen LogP contribution in [0, 0.1) is 0 Å². The van der Waals surface area contributed by atoms with Gasteiger partial charge in [-0.1, -0.05) is 13.8 Å². The number of nitrogens with zero attached hydrogens (tertiary/aromatic N) is 4. The molecule has 160 valence electrons. The van der Waals surface area contributed by atoms with E-state index in [0.29, 0.717) is 31.1 Å². The number of likely N-dealkylation sites (tertiary alicyclic amines) is 1. The minimum absolute atomic E-state index is 0.222. The molecule has 1 fully saturated rings. The van der Waals surface area contributed by atoms with Gasteiger partial charge in [-0.25, -0.2) is 14.8 Å². The molecular weight excluding hydrogens is 366 g/mol. The van der Waals surface area contributed by atoms with Gasteiger partial charge < -0.3 is 19.5 Å². The lowest BCUT2D eigenvalue weighted by molar-refractivity contribution is 0.0210. The first-order chi connectivity index (χ1) is 13.5. The fraction of sp³-hybridized carbons (Fsp3) is 0.682. The van der Waals surface area contributed by atoms with Crippen LogP contribution in [0.5, 0.6) is 0 Å². The summed E-state index contributed by atoms with van der Waals surface area (Å²) < 4.78 is 7.62. The van der Waals surface area contributed by atoms with Crippen LogP contribution in [0.15, 0.2) is 12.4 Å². The van der Waals surface area contributed by atoms with Crippen molar-refractivity contribution in [3.05, 3.63) is 18.1 Å². The topological polar surface area (TPSA) is 72.3 Å². The summed E-state index contributed by atoms with van der Waals surface area (Å²) in [6.45, 7) is 15.7. The van der Waals surface area contributed by atoms with Crippen LogP contribution in [0.2, 0.25) is 0 Å². The Morgan fingerprint density at radius 3 is 2.41 bits per heavy atom. The third-order valence-electron chi connectivity index (χ3n) is 5.20. The summed E-state index contributed by atoms with van der Waals surface area (Å²) in [4.78, 5) is 23.6. The van der Waals surface area contributed by atoms with Crippen molar-refractivity contribution >= 4 is 22.9 Å². The number of piperidine rings is 1. The third kappa shape index (κ3) is 5.00. The maximum atomic E-state index is 12.3. The van der Waals surface area contributed by atoms with Crippen molar-refractivity contribution in [2.24, 2.45) is 0 Å². The number of carbonyl (C=O) groups is 1. The van der Waals surface area contributed by atoms with Crippen molar-refractivity contribution in [1.82, 2.24) is 19.4 Å². The number of aromatic nitrogens is 3. The number of rotatable bonds is 4. The van der Waals surface area contributed by atoms with E-state index in [1.807, 2.05) is 27.1 Å². The molecule has 0 bridgehead atoms. The molecule has 0 aliphatic carbocycles. The van der Waals surface area contributed by atoms with E-state index in [0.717, 1.165) is 35.4 Å². The Morgan fingerprint density at radius 2 is 1.86 bits per heavy atom. The van der Waals surface area contributed by atoms with Crippen LogP contribution in [0.1, 0.15) is 79.0 Å². The quantitative estimate of drug-likeness (QED) is 0.785.